The highest BCUT2D eigenvalue weighted by Crippen LogP contribution is 2.05. The Kier molecular flexibility index (Phi) is 2.91. The third-order valence-corrected chi connectivity index (χ3v) is 2.50. The van der Waals surface area contributed by atoms with E-state index in [1.54, 1.807) is 6.92 Å². The van der Waals surface area contributed by atoms with Gasteiger partial charge < -0.3 is 4.57 Å². The molecule has 0 aliphatic carbocycles. The zero-order valence-electron chi connectivity index (χ0n) is 9.26. The van der Waals surface area contributed by atoms with Gasteiger partial charge in [-0.25, -0.2) is 4.39 Å². The lowest BCUT2D eigenvalue weighted by Crippen LogP contribution is -2.39. The van der Waals surface area contributed by atoms with Crippen LogP contribution in [0.15, 0.2) is 46.2 Å². The molecular formula is C12H11FN2O2. The summed E-state index contributed by atoms with van der Waals surface area (Å²) >= 11 is 0. The first kappa shape index (κ1) is 11.3. The molecule has 0 amide bonds. The fourth-order valence-corrected chi connectivity index (χ4v) is 1.56. The fourth-order valence-electron chi connectivity index (χ4n) is 1.56. The summed E-state index contributed by atoms with van der Waals surface area (Å²) in [6, 6.07) is 5.39. The van der Waals surface area contributed by atoms with Gasteiger partial charge in [0.1, 0.15) is 5.82 Å². The maximum Gasteiger partial charge on any atom is 0.320 e. The Bertz CT molecular complexity index is 641. The van der Waals surface area contributed by atoms with Crippen molar-refractivity contribution in [1.29, 1.82) is 0 Å². The van der Waals surface area contributed by atoms with Crippen molar-refractivity contribution in [3.8, 4) is 5.69 Å². The van der Waals surface area contributed by atoms with Crippen molar-refractivity contribution < 1.29 is 4.39 Å². The Morgan fingerprint density at radius 3 is 2.29 bits per heavy atom. The topological polar surface area (TPSA) is 44.0 Å². The molecule has 0 aliphatic heterocycles. The number of halogens is 1. The van der Waals surface area contributed by atoms with Crippen molar-refractivity contribution >= 4 is 0 Å². The summed E-state index contributed by atoms with van der Waals surface area (Å²) < 4.78 is 15.3. The normalized spacial score (nSPS) is 10.5. The van der Waals surface area contributed by atoms with E-state index >= 15 is 0 Å². The van der Waals surface area contributed by atoms with Gasteiger partial charge in [0.15, 0.2) is 0 Å². The Morgan fingerprint density at radius 1 is 1.06 bits per heavy atom. The number of aromatic nitrogens is 2. The third kappa shape index (κ3) is 2.04. The molecule has 4 nitrogen and oxygen atoms in total. The van der Waals surface area contributed by atoms with Crippen LogP contribution in [0.2, 0.25) is 0 Å². The molecule has 0 radical (unpaired) electrons. The second-order valence-electron chi connectivity index (χ2n) is 3.54. The highest BCUT2D eigenvalue weighted by molar-refractivity contribution is 5.31. The van der Waals surface area contributed by atoms with Crippen LogP contribution in [0.4, 0.5) is 4.39 Å². The van der Waals surface area contributed by atoms with Crippen LogP contribution in [-0.2, 0) is 6.54 Å². The molecule has 88 valence electrons. The molecule has 1 heterocycles. The number of hydrogen-bond acceptors (Lipinski definition) is 2. The summed E-state index contributed by atoms with van der Waals surface area (Å²) in [4.78, 5) is 23.4. The van der Waals surface area contributed by atoms with E-state index in [1.165, 1.54) is 45.8 Å². The predicted molar refractivity (Wildman–Crippen MR) is 61.9 cm³/mol. The van der Waals surface area contributed by atoms with E-state index < -0.39 is 11.1 Å². The Labute approximate surface area is 96.6 Å². The first-order valence-corrected chi connectivity index (χ1v) is 5.21. The van der Waals surface area contributed by atoms with Gasteiger partial charge >= 0.3 is 11.1 Å². The molecule has 0 fully saturated rings. The van der Waals surface area contributed by atoms with Crippen LogP contribution in [-0.4, -0.2) is 9.13 Å². The molecular weight excluding hydrogens is 223 g/mol. The second kappa shape index (κ2) is 4.37. The van der Waals surface area contributed by atoms with Crippen molar-refractivity contribution in [3.63, 3.8) is 0 Å². The number of aryl methyl sites for hydroxylation is 1. The van der Waals surface area contributed by atoms with Crippen LogP contribution in [0.25, 0.3) is 5.69 Å². The summed E-state index contributed by atoms with van der Waals surface area (Å²) in [6.45, 7) is 2.22. The molecule has 0 bridgehead atoms. The highest BCUT2D eigenvalue weighted by atomic mass is 19.1. The Morgan fingerprint density at radius 2 is 1.71 bits per heavy atom. The van der Waals surface area contributed by atoms with E-state index in [1.807, 2.05) is 0 Å². The lowest BCUT2D eigenvalue weighted by atomic mass is 10.3. The third-order valence-electron chi connectivity index (χ3n) is 2.50. The maximum atomic E-state index is 12.7. The molecule has 0 unspecified atom stereocenters. The first-order valence-electron chi connectivity index (χ1n) is 5.21. The lowest BCUT2D eigenvalue weighted by molar-refractivity contribution is 0.627. The van der Waals surface area contributed by atoms with Crippen LogP contribution >= 0.6 is 0 Å². The minimum Gasteiger partial charge on any atom is -0.310 e. The zero-order chi connectivity index (χ0) is 12.4. The van der Waals surface area contributed by atoms with Gasteiger partial charge in [0.25, 0.3) is 0 Å². The van der Waals surface area contributed by atoms with E-state index in [2.05, 4.69) is 0 Å². The van der Waals surface area contributed by atoms with Gasteiger partial charge in [0.2, 0.25) is 0 Å². The summed E-state index contributed by atoms with van der Waals surface area (Å²) in [5.41, 5.74) is -0.753. The zero-order valence-corrected chi connectivity index (χ0v) is 9.26. The standard InChI is InChI=1S/C12H11FN2O2/c1-2-14-7-8-15(12(17)11(14)16)10-5-3-9(13)4-6-10/h3-8H,2H2,1H3. The van der Waals surface area contributed by atoms with Crippen molar-refractivity contribution in [1.82, 2.24) is 9.13 Å². The number of benzene rings is 1. The van der Waals surface area contributed by atoms with Crippen molar-refractivity contribution in [3.05, 3.63) is 63.2 Å². The number of hydrogen-bond donors (Lipinski definition) is 0. The molecule has 0 saturated carbocycles. The van der Waals surface area contributed by atoms with Crippen molar-refractivity contribution in [2.45, 2.75) is 13.5 Å². The van der Waals surface area contributed by atoms with Crippen molar-refractivity contribution in [2.24, 2.45) is 0 Å². The summed E-state index contributed by atoms with van der Waals surface area (Å²) in [6.07, 6.45) is 3.04. The molecule has 0 aliphatic rings. The molecule has 0 saturated heterocycles. The molecule has 2 aromatic rings. The molecule has 5 heteroatoms. The van der Waals surface area contributed by atoms with Crippen LogP contribution in [0.3, 0.4) is 0 Å². The van der Waals surface area contributed by atoms with Crippen LogP contribution in [0.1, 0.15) is 6.92 Å². The van der Waals surface area contributed by atoms with E-state index in [9.17, 15) is 14.0 Å². The number of rotatable bonds is 2. The van der Waals surface area contributed by atoms with Crippen molar-refractivity contribution in [2.75, 3.05) is 0 Å². The first-order chi connectivity index (χ1) is 8.13. The van der Waals surface area contributed by atoms with Gasteiger partial charge in [-0.1, -0.05) is 0 Å². The minimum absolute atomic E-state index is 0.385. The quantitative estimate of drug-likeness (QED) is 0.732. The Balaban J connectivity index is 2.62. The monoisotopic (exact) mass is 234 g/mol. The van der Waals surface area contributed by atoms with Gasteiger partial charge in [-0.3, -0.25) is 14.2 Å². The second-order valence-corrected chi connectivity index (χ2v) is 3.54. The molecule has 0 atom stereocenters. The lowest BCUT2D eigenvalue weighted by Gasteiger charge is -2.06. The molecule has 2 rings (SSSR count). The maximum absolute atomic E-state index is 12.7. The molecule has 1 aromatic carbocycles. The smallest absolute Gasteiger partial charge is 0.310 e. The van der Waals surface area contributed by atoms with E-state index in [-0.39, 0.29) is 5.82 Å². The van der Waals surface area contributed by atoms with E-state index in [4.69, 9.17) is 0 Å². The highest BCUT2D eigenvalue weighted by Gasteiger charge is 2.05. The molecule has 0 N–H and O–H groups in total. The van der Waals surface area contributed by atoms with Crippen LogP contribution in [0, 0.1) is 5.82 Å². The number of nitrogens with zero attached hydrogens (tertiary/aromatic N) is 2. The van der Waals surface area contributed by atoms with Crippen LogP contribution in [0.5, 0.6) is 0 Å². The van der Waals surface area contributed by atoms with Gasteiger partial charge in [0.05, 0.1) is 0 Å². The fraction of sp³-hybridized carbons (Fsp3) is 0.167. The molecule has 1 aromatic heterocycles. The summed E-state index contributed by atoms with van der Waals surface area (Å²) in [7, 11) is 0. The average molecular weight is 234 g/mol. The van der Waals surface area contributed by atoms with E-state index in [0.29, 0.717) is 12.2 Å². The summed E-state index contributed by atoms with van der Waals surface area (Å²) in [5, 5.41) is 0. The molecule has 17 heavy (non-hydrogen) atoms. The average Bonchev–Trinajstić information content (AvgIpc) is 2.34. The van der Waals surface area contributed by atoms with Crippen LogP contribution < -0.4 is 11.1 Å². The van der Waals surface area contributed by atoms with Gasteiger partial charge in [-0.05, 0) is 31.2 Å². The van der Waals surface area contributed by atoms with Gasteiger partial charge in [-0.15, -0.1) is 0 Å². The largest absolute Gasteiger partial charge is 0.320 e. The summed E-state index contributed by atoms with van der Waals surface area (Å²) in [5.74, 6) is -0.385. The SMILES string of the molecule is CCn1ccn(-c2ccc(F)cc2)c(=O)c1=O. The molecule has 0 spiro atoms. The predicted octanol–water partition coefficient (Wildman–Crippen LogP) is 1.16. The Hall–Kier alpha value is -2.17. The van der Waals surface area contributed by atoms with Gasteiger partial charge in [0, 0.05) is 24.6 Å². The van der Waals surface area contributed by atoms with E-state index in [0.717, 1.165) is 0 Å². The van der Waals surface area contributed by atoms with Gasteiger partial charge in [-0.2, -0.15) is 0 Å². The minimum atomic E-state index is -0.638.